The van der Waals surface area contributed by atoms with Crippen LogP contribution in [-0.4, -0.2) is 17.2 Å². The highest BCUT2D eigenvalue weighted by Gasteiger charge is 2.52. The van der Waals surface area contributed by atoms with Gasteiger partial charge in [0.1, 0.15) is 0 Å². The third-order valence-electron chi connectivity index (χ3n) is 7.05. The van der Waals surface area contributed by atoms with E-state index in [1.807, 2.05) is 0 Å². The maximum absolute atomic E-state index is 5.68. The average Bonchev–Trinajstić information content (AvgIpc) is 3.06. The molecule has 0 saturated heterocycles. The molecule has 0 aromatic heterocycles. The van der Waals surface area contributed by atoms with Crippen LogP contribution >= 0.6 is 12.2 Å². The molecule has 2 nitrogen and oxygen atoms in total. The van der Waals surface area contributed by atoms with Gasteiger partial charge in [-0.1, -0.05) is 32.9 Å². The van der Waals surface area contributed by atoms with E-state index in [1.54, 1.807) is 0 Å². The quantitative estimate of drug-likeness (QED) is 0.583. The van der Waals surface area contributed by atoms with E-state index < -0.39 is 0 Å². The molecule has 3 heteroatoms. The lowest BCUT2D eigenvalue weighted by Crippen LogP contribution is -2.51. The normalized spacial score (nSPS) is 46.7. The standard InChI is InChI=1S/C20H32N2S/c1-12-7-14(11-20(2,3)10-12)21-19(23)22-18-9-13-8-17(18)16-6-4-5-15(13)16/h4,6,12-18H,5,7-11H2,1-3H3,(H2,21,22,23)/t12-,13+,14+,15-,16+,17-,18-/m1/s1. The van der Waals surface area contributed by atoms with E-state index >= 15 is 0 Å². The fourth-order valence-corrected chi connectivity index (χ4v) is 6.88. The van der Waals surface area contributed by atoms with Gasteiger partial charge in [-0.15, -0.1) is 0 Å². The van der Waals surface area contributed by atoms with E-state index in [9.17, 15) is 0 Å². The van der Waals surface area contributed by atoms with Gasteiger partial charge in [0.2, 0.25) is 0 Å². The Morgan fingerprint density at radius 3 is 2.70 bits per heavy atom. The van der Waals surface area contributed by atoms with Gasteiger partial charge in [-0.2, -0.15) is 0 Å². The van der Waals surface area contributed by atoms with Gasteiger partial charge in [0.15, 0.2) is 5.11 Å². The zero-order chi connectivity index (χ0) is 16.2. The number of hydrogen-bond donors (Lipinski definition) is 2. The van der Waals surface area contributed by atoms with Crippen LogP contribution in [0.5, 0.6) is 0 Å². The minimum Gasteiger partial charge on any atom is -0.360 e. The van der Waals surface area contributed by atoms with Crippen LogP contribution in [0.1, 0.15) is 59.3 Å². The van der Waals surface area contributed by atoms with Gasteiger partial charge in [-0.25, -0.2) is 0 Å². The van der Waals surface area contributed by atoms with E-state index in [2.05, 4.69) is 43.6 Å². The van der Waals surface area contributed by atoms with Crippen LogP contribution in [0.4, 0.5) is 0 Å². The average molecular weight is 333 g/mol. The van der Waals surface area contributed by atoms with Gasteiger partial charge in [0.05, 0.1) is 0 Å². The summed E-state index contributed by atoms with van der Waals surface area (Å²) < 4.78 is 0. The second kappa shape index (κ2) is 5.75. The molecule has 0 unspecified atom stereocenters. The molecule has 0 aliphatic heterocycles. The number of hydrogen-bond acceptors (Lipinski definition) is 1. The summed E-state index contributed by atoms with van der Waals surface area (Å²) in [5.41, 5.74) is 0.444. The zero-order valence-electron chi connectivity index (χ0n) is 14.8. The van der Waals surface area contributed by atoms with Crippen molar-refractivity contribution in [1.82, 2.24) is 10.6 Å². The molecule has 0 radical (unpaired) electrons. The number of allylic oxidation sites excluding steroid dienone is 2. The highest BCUT2D eigenvalue weighted by Crippen LogP contribution is 2.56. The largest absolute Gasteiger partial charge is 0.360 e. The summed E-state index contributed by atoms with van der Waals surface area (Å²) in [5.74, 6) is 4.35. The molecule has 0 aromatic rings. The Hall–Kier alpha value is -0.570. The first-order chi connectivity index (χ1) is 10.9. The van der Waals surface area contributed by atoms with Crippen molar-refractivity contribution in [3.63, 3.8) is 0 Å². The first kappa shape index (κ1) is 15.9. The van der Waals surface area contributed by atoms with E-state index in [0.717, 1.165) is 34.7 Å². The van der Waals surface area contributed by atoms with Crippen molar-refractivity contribution in [2.45, 2.75) is 71.4 Å². The van der Waals surface area contributed by atoms with E-state index in [1.165, 1.54) is 38.5 Å². The fourth-order valence-electron chi connectivity index (χ4n) is 6.56. The van der Waals surface area contributed by atoms with Crippen molar-refractivity contribution in [3.05, 3.63) is 12.2 Å². The van der Waals surface area contributed by atoms with Gasteiger partial charge < -0.3 is 10.6 Å². The van der Waals surface area contributed by atoms with E-state index in [4.69, 9.17) is 12.2 Å². The highest BCUT2D eigenvalue weighted by atomic mass is 32.1. The Bertz CT molecular complexity index is 512. The van der Waals surface area contributed by atoms with Crippen molar-refractivity contribution in [2.75, 3.05) is 0 Å². The minimum atomic E-state index is 0.444. The molecule has 7 atom stereocenters. The van der Waals surface area contributed by atoms with Crippen molar-refractivity contribution >= 4 is 17.3 Å². The first-order valence-corrected chi connectivity index (χ1v) is 10.1. The molecule has 0 spiro atoms. The lowest BCUT2D eigenvalue weighted by molar-refractivity contribution is 0.161. The van der Waals surface area contributed by atoms with Crippen molar-refractivity contribution in [1.29, 1.82) is 0 Å². The lowest BCUT2D eigenvalue weighted by Gasteiger charge is -2.40. The summed E-state index contributed by atoms with van der Waals surface area (Å²) in [5, 5.41) is 8.27. The maximum Gasteiger partial charge on any atom is 0.166 e. The fraction of sp³-hybridized carbons (Fsp3) is 0.850. The van der Waals surface area contributed by atoms with Gasteiger partial charge >= 0.3 is 0 Å². The summed E-state index contributed by atoms with van der Waals surface area (Å²) in [4.78, 5) is 0. The Balaban J connectivity index is 1.32. The topological polar surface area (TPSA) is 24.1 Å². The molecule has 23 heavy (non-hydrogen) atoms. The molecule has 0 heterocycles. The zero-order valence-corrected chi connectivity index (χ0v) is 15.7. The molecule has 2 N–H and O–H groups in total. The summed E-state index contributed by atoms with van der Waals surface area (Å²) >= 11 is 5.68. The van der Waals surface area contributed by atoms with Crippen LogP contribution in [0.3, 0.4) is 0 Å². The maximum atomic E-state index is 5.68. The minimum absolute atomic E-state index is 0.444. The van der Waals surface area contributed by atoms with Gasteiger partial charge in [-0.05, 0) is 85.7 Å². The predicted octanol–water partition coefficient (Wildman–Crippen LogP) is 4.27. The van der Waals surface area contributed by atoms with Crippen LogP contribution in [0.2, 0.25) is 0 Å². The van der Waals surface area contributed by atoms with Crippen LogP contribution in [0, 0.1) is 35.0 Å². The SMILES string of the molecule is C[C@@H]1C[C@H](NC(=S)N[C@@H]2C[C@@H]3C[C@@H]2[C@H]2C=CC[C@H]32)CC(C)(C)C1. The van der Waals surface area contributed by atoms with Gasteiger partial charge in [0.25, 0.3) is 0 Å². The monoisotopic (exact) mass is 332 g/mol. The molecule has 0 aromatic carbocycles. The lowest BCUT2D eigenvalue weighted by atomic mass is 9.71. The Morgan fingerprint density at radius 2 is 1.91 bits per heavy atom. The Kier molecular flexibility index (Phi) is 3.98. The molecule has 4 rings (SSSR count). The van der Waals surface area contributed by atoms with Crippen molar-refractivity contribution in [2.24, 2.45) is 35.0 Å². The summed E-state index contributed by atoms with van der Waals surface area (Å²) in [6, 6.07) is 1.16. The van der Waals surface area contributed by atoms with Crippen LogP contribution in [-0.2, 0) is 0 Å². The molecular weight excluding hydrogens is 300 g/mol. The van der Waals surface area contributed by atoms with Crippen LogP contribution in [0.25, 0.3) is 0 Å². The third-order valence-corrected chi connectivity index (χ3v) is 7.28. The van der Waals surface area contributed by atoms with Crippen LogP contribution in [0.15, 0.2) is 12.2 Å². The summed E-state index contributed by atoms with van der Waals surface area (Å²) in [6.45, 7) is 7.18. The van der Waals surface area contributed by atoms with E-state index in [0.29, 0.717) is 17.5 Å². The van der Waals surface area contributed by atoms with Crippen molar-refractivity contribution < 1.29 is 0 Å². The molecule has 3 saturated carbocycles. The van der Waals surface area contributed by atoms with E-state index in [-0.39, 0.29) is 0 Å². The number of fused-ring (bicyclic) bond motifs is 5. The molecular formula is C20H32N2S. The second-order valence-corrected chi connectivity index (χ2v) is 10.0. The van der Waals surface area contributed by atoms with Gasteiger partial charge in [-0.3, -0.25) is 0 Å². The first-order valence-electron chi connectivity index (χ1n) is 9.65. The molecule has 4 aliphatic rings. The number of nitrogens with one attached hydrogen (secondary N) is 2. The third kappa shape index (κ3) is 3.06. The van der Waals surface area contributed by atoms with Crippen molar-refractivity contribution in [3.8, 4) is 0 Å². The molecule has 4 aliphatic carbocycles. The highest BCUT2D eigenvalue weighted by molar-refractivity contribution is 7.80. The molecule has 2 bridgehead atoms. The molecule has 3 fully saturated rings. The summed E-state index contributed by atoms with van der Waals surface area (Å²) in [7, 11) is 0. The summed E-state index contributed by atoms with van der Waals surface area (Å²) in [6.07, 6.45) is 12.8. The predicted molar refractivity (Wildman–Crippen MR) is 100 cm³/mol. The second-order valence-electron chi connectivity index (χ2n) is 9.63. The molecule has 128 valence electrons. The van der Waals surface area contributed by atoms with Gasteiger partial charge in [0, 0.05) is 12.1 Å². The Morgan fingerprint density at radius 1 is 1.09 bits per heavy atom. The molecule has 0 amide bonds. The number of rotatable bonds is 2. The smallest absolute Gasteiger partial charge is 0.166 e. The number of thiocarbonyl (C=S) groups is 1. The Labute approximate surface area is 146 Å². The van der Waals surface area contributed by atoms with Crippen LogP contribution < -0.4 is 10.6 Å².